The first-order valence-electron chi connectivity index (χ1n) is 7.83. The third-order valence-corrected chi connectivity index (χ3v) is 7.39. The minimum Gasteiger partial charge on any atom is -0.465 e. The quantitative estimate of drug-likeness (QED) is 0.686. The van der Waals surface area contributed by atoms with E-state index in [-0.39, 0.29) is 25.8 Å². The summed E-state index contributed by atoms with van der Waals surface area (Å²) in [7, 11) is -2.73. The smallest absolute Gasteiger partial charge is 0.346 e. The summed E-state index contributed by atoms with van der Waals surface area (Å²) in [5.41, 5.74) is 1.27. The summed E-state index contributed by atoms with van der Waals surface area (Å²) in [6.07, 6.45) is 0.337. The number of methoxy groups -OCH3 is 1. The van der Waals surface area contributed by atoms with E-state index < -0.39 is 16.0 Å². The van der Waals surface area contributed by atoms with Gasteiger partial charge in [-0.3, -0.25) is 4.72 Å². The van der Waals surface area contributed by atoms with Crippen molar-refractivity contribution in [1.29, 1.82) is 0 Å². The molecule has 1 aliphatic rings. The number of hydrogen-bond acceptors (Lipinski definition) is 5. The average molecular weight is 444 g/mol. The van der Waals surface area contributed by atoms with E-state index in [0.29, 0.717) is 11.4 Å². The topological polar surface area (TPSA) is 72.5 Å². The van der Waals surface area contributed by atoms with Gasteiger partial charge in [0.25, 0.3) is 10.0 Å². The van der Waals surface area contributed by atoms with Gasteiger partial charge in [0.2, 0.25) is 0 Å². The van der Waals surface area contributed by atoms with Gasteiger partial charge < -0.3 is 4.74 Å². The summed E-state index contributed by atoms with van der Waals surface area (Å²) >= 11 is 13.1. The van der Waals surface area contributed by atoms with Crippen molar-refractivity contribution in [2.24, 2.45) is 0 Å². The Labute approximate surface area is 171 Å². The van der Waals surface area contributed by atoms with E-state index in [1.807, 2.05) is 30.3 Å². The van der Waals surface area contributed by atoms with Crippen molar-refractivity contribution in [1.82, 2.24) is 4.72 Å². The molecule has 0 aliphatic carbocycles. The standard InChI is InChI=1S/C18H15Cl2NO4S2/c1-25-18(22)17-14(10-15(26-17)11-5-3-2-4-6-11)21-27(23,24)16-8-7-12(19)9-13(16)20/h2-9,15,21H,10H2,1H3. The van der Waals surface area contributed by atoms with Gasteiger partial charge in [0, 0.05) is 22.4 Å². The van der Waals surface area contributed by atoms with E-state index in [1.54, 1.807) is 0 Å². The van der Waals surface area contributed by atoms with Crippen LogP contribution < -0.4 is 4.72 Å². The molecule has 0 saturated carbocycles. The average Bonchev–Trinajstić information content (AvgIpc) is 3.04. The molecule has 0 saturated heterocycles. The van der Waals surface area contributed by atoms with Crippen molar-refractivity contribution in [3.8, 4) is 0 Å². The van der Waals surface area contributed by atoms with E-state index in [2.05, 4.69) is 4.72 Å². The third kappa shape index (κ3) is 4.43. The van der Waals surface area contributed by atoms with Crippen molar-refractivity contribution >= 4 is 51.0 Å². The van der Waals surface area contributed by atoms with Gasteiger partial charge in [-0.05, 0) is 23.8 Å². The summed E-state index contributed by atoms with van der Waals surface area (Å²) in [6, 6.07) is 13.6. The van der Waals surface area contributed by atoms with Crippen molar-refractivity contribution < 1.29 is 17.9 Å². The predicted octanol–water partition coefficient (Wildman–Crippen LogP) is 4.53. The van der Waals surface area contributed by atoms with Crippen LogP contribution in [0.25, 0.3) is 0 Å². The number of rotatable bonds is 5. The van der Waals surface area contributed by atoms with Crippen LogP contribution >= 0.6 is 35.0 Å². The molecule has 1 heterocycles. The second-order valence-electron chi connectivity index (χ2n) is 5.70. The molecule has 0 bridgehead atoms. The number of benzene rings is 2. The highest BCUT2D eigenvalue weighted by Crippen LogP contribution is 2.47. The lowest BCUT2D eigenvalue weighted by molar-refractivity contribution is -0.135. The van der Waals surface area contributed by atoms with Gasteiger partial charge in [-0.15, -0.1) is 11.8 Å². The highest BCUT2D eigenvalue weighted by Gasteiger charge is 2.33. The number of allylic oxidation sites excluding steroid dienone is 1. The summed E-state index contributed by atoms with van der Waals surface area (Å²) in [6.45, 7) is 0. The first kappa shape index (κ1) is 20.1. The molecule has 142 valence electrons. The zero-order valence-electron chi connectivity index (χ0n) is 14.1. The highest BCUT2D eigenvalue weighted by molar-refractivity contribution is 8.04. The minimum absolute atomic E-state index is 0.000442. The maximum absolute atomic E-state index is 12.8. The van der Waals surface area contributed by atoms with Crippen LogP contribution in [0.1, 0.15) is 17.2 Å². The molecule has 1 N–H and O–H groups in total. The summed E-state index contributed by atoms with van der Waals surface area (Å²) in [4.78, 5) is 12.3. The number of halogens is 2. The number of nitrogens with one attached hydrogen (secondary N) is 1. The van der Waals surface area contributed by atoms with Gasteiger partial charge in [0.1, 0.15) is 9.80 Å². The number of carbonyl (C=O) groups is 1. The van der Waals surface area contributed by atoms with Crippen LogP contribution in [-0.2, 0) is 19.6 Å². The first-order chi connectivity index (χ1) is 12.8. The van der Waals surface area contributed by atoms with Crippen molar-refractivity contribution in [3.63, 3.8) is 0 Å². The van der Waals surface area contributed by atoms with Crippen LogP contribution in [0.5, 0.6) is 0 Å². The molecular weight excluding hydrogens is 429 g/mol. The molecule has 0 radical (unpaired) electrons. The number of carbonyl (C=O) groups excluding carboxylic acids is 1. The molecule has 1 atom stereocenters. The molecule has 1 unspecified atom stereocenters. The fourth-order valence-corrected chi connectivity index (χ4v) is 5.89. The predicted molar refractivity (Wildman–Crippen MR) is 107 cm³/mol. The molecule has 0 amide bonds. The van der Waals surface area contributed by atoms with Crippen LogP contribution in [-0.4, -0.2) is 21.5 Å². The molecule has 0 spiro atoms. The number of thioether (sulfide) groups is 1. The molecule has 27 heavy (non-hydrogen) atoms. The lowest BCUT2D eigenvalue weighted by atomic mass is 10.1. The fraction of sp³-hybridized carbons (Fsp3) is 0.167. The number of esters is 1. The Kier molecular flexibility index (Phi) is 6.05. The summed E-state index contributed by atoms with van der Waals surface area (Å²) in [5.74, 6) is -0.585. The molecule has 2 aromatic carbocycles. The third-order valence-electron chi connectivity index (χ3n) is 3.91. The van der Waals surface area contributed by atoms with E-state index in [0.717, 1.165) is 5.56 Å². The van der Waals surface area contributed by atoms with Gasteiger partial charge in [-0.2, -0.15) is 0 Å². The zero-order valence-corrected chi connectivity index (χ0v) is 17.3. The van der Waals surface area contributed by atoms with E-state index >= 15 is 0 Å². The monoisotopic (exact) mass is 443 g/mol. The normalized spacial score (nSPS) is 17.1. The highest BCUT2D eigenvalue weighted by atomic mass is 35.5. The Balaban J connectivity index is 1.93. The van der Waals surface area contributed by atoms with Crippen LogP contribution in [0.4, 0.5) is 0 Å². The molecule has 5 nitrogen and oxygen atoms in total. The Morgan fingerprint density at radius 1 is 1.19 bits per heavy atom. The molecule has 9 heteroatoms. The molecule has 0 fully saturated rings. The number of ether oxygens (including phenoxy) is 1. The number of hydrogen-bond donors (Lipinski definition) is 1. The summed E-state index contributed by atoms with van der Waals surface area (Å²) in [5, 5.41) is 0.230. The van der Waals surface area contributed by atoms with Gasteiger partial charge in [0.05, 0.1) is 12.1 Å². The molecule has 2 aromatic rings. The lowest BCUT2D eigenvalue weighted by Gasteiger charge is -2.12. The van der Waals surface area contributed by atoms with E-state index in [1.165, 1.54) is 37.1 Å². The molecule has 1 aliphatic heterocycles. The van der Waals surface area contributed by atoms with Gasteiger partial charge >= 0.3 is 5.97 Å². The van der Waals surface area contributed by atoms with E-state index in [4.69, 9.17) is 27.9 Å². The minimum atomic E-state index is -3.99. The maximum atomic E-state index is 12.8. The SMILES string of the molecule is COC(=O)C1=C(NS(=O)(=O)c2ccc(Cl)cc2Cl)CC(c2ccccc2)S1. The molecule has 0 aromatic heterocycles. The Bertz CT molecular complexity index is 1010. The van der Waals surface area contributed by atoms with Gasteiger partial charge in [-0.1, -0.05) is 53.5 Å². The van der Waals surface area contributed by atoms with Crippen LogP contribution in [0.2, 0.25) is 10.0 Å². The van der Waals surface area contributed by atoms with E-state index in [9.17, 15) is 13.2 Å². The van der Waals surface area contributed by atoms with Crippen LogP contribution in [0.3, 0.4) is 0 Å². The van der Waals surface area contributed by atoms with Crippen molar-refractivity contribution in [2.75, 3.05) is 7.11 Å². The largest absolute Gasteiger partial charge is 0.465 e. The lowest BCUT2D eigenvalue weighted by Crippen LogP contribution is -2.24. The molecular formula is C18H15Cl2NO4S2. The Hall–Kier alpha value is -1.67. The van der Waals surface area contributed by atoms with Crippen LogP contribution in [0, 0.1) is 0 Å². The maximum Gasteiger partial charge on any atom is 0.346 e. The van der Waals surface area contributed by atoms with Crippen LogP contribution in [0.15, 0.2) is 64.0 Å². The summed E-state index contributed by atoms with van der Waals surface area (Å²) < 4.78 is 32.9. The van der Waals surface area contributed by atoms with Gasteiger partial charge in [-0.25, -0.2) is 13.2 Å². The first-order valence-corrected chi connectivity index (χ1v) is 10.9. The Morgan fingerprint density at radius 3 is 2.52 bits per heavy atom. The fourth-order valence-electron chi connectivity index (χ4n) is 2.65. The molecule has 3 rings (SSSR count). The number of sulfonamides is 1. The second-order valence-corrected chi connectivity index (χ2v) is 9.41. The van der Waals surface area contributed by atoms with Gasteiger partial charge in [0.15, 0.2) is 0 Å². The Morgan fingerprint density at radius 2 is 1.89 bits per heavy atom. The second kappa shape index (κ2) is 8.14. The van der Waals surface area contributed by atoms with Crippen molar-refractivity contribution in [2.45, 2.75) is 16.6 Å². The van der Waals surface area contributed by atoms with Crippen molar-refractivity contribution in [3.05, 3.63) is 74.7 Å². The zero-order chi connectivity index (χ0) is 19.6.